The first-order chi connectivity index (χ1) is 12.3. The van der Waals surface area contributed by atoms with Gasteiger partial charge in [-0.25, -0.2) is 0 Å². The van der Waals surface area contributed by atoms with E-state index in [2.05, 4.69) is 5.32 Å². The number of carbonyl (C=O) groups excluding carboxylic acids is 3. The molecule has 2 aromatic rings. The second-order valence-corrected chi connectivity index (χ2v) is 7.08. The fraction of sp³-hybridized carbons (Fsp3) is 0.250. The van der Waals surface area contributed by atoms with E-state index in [9.17, 15) is 14.4 Å². The van der Waals surface area contributed by atoms with Crippen LogP contribution in [0.2, 0.25) is 5.02 Å². The van der Waals surface area contributed by atoms with E-state index in [1.54, 1.807) is 56.3 Å². The number of halogens is 1. The molecule has 3 rings (SSSR count). The Bertz CT molecular complexity index is 873. The molecule has 0 fully saturated rings. The standard InChI is InChI=1S/C20H19ClN2O3/c1-11(2)17(18(24)22-13-9-8-12(3)16(21)10-13)23-19(25)14-6-4-5-7-15(14)20(23)26/h4-11,17H,1-3H3,(H,22,24)/t17-/m0/s1. The van der Waals surface area contributed by atoms with Crippen molar-refractivity contribution in [1.82, 2.24) is 4.90 Å². The molecule has 1 atom stereocenters. The Morgan fingerprint density at radius 2 is 1.62 bits per heavy atom. The van der Waals surface area contributed by atoms with Crippen molar-refractivity contribution < 1.29 is 14.4 Å². The quantitative estimate of drug-likeness (QED) is 0.830. The highest BCUT2D eigenvalue weighted by Crippen LogP contribution is 2.28. The number of imide groups is 1. The Morgan fingerprint density at radius 1 is 1.04 bits per heavy atom. The third-order valence-corrected chi connectivity index (χ3v) is 4.85. The minimum absolute atomic E-state index is 0.252. The molecule has 1 heterocycles. The molecule has 134 valence electrons. The van der Waals surface area contributed by atoms with Gasteiger partial charge < -0.3 is 5.32 Å². The molecule has 2 aromatic carbocycles. The number of carbonyl (C=O) groups is 3. The average Bonchev–Trinajstić information content (AvgIpc) is 2.84. The van der Waals surface area contributed by atoms with Gasteiger partial charge in [0.1, 0.15) is 6.04 Å². The summed E-state index contributed by atoms with van der Waals surface area (Å²) in [6.07, 6.45) is 0. The second-order valence-electron chi connectivity index (χ2n) is 6.67. The van der Waals surface area contributed by atoms with E-state index in [-0.39, 0.29) is 5.92 Å². The van der Waals surface area contributed by atoms with Crippen LogP contribution in [-0.2, 0) is 4.79 Å². The highest BCUT2D eigenvalue weighted by atomic mass is 35.5. The maximum absolute atomic E-state index is 12.9. The van der Waals surface area contributed by atoms with Gasteiger partial charge in [-0.15, -0.1) is 0 Å². The van der Waals surface area contributed by atoms with Crippen molar-refractivity contribution in [2.24, 2.45) is 5.92 Å². The lowest BCUT2D eigenvalue weighted by atomic mass is 10.0. The molecular formula is C20H19ClN2O3. The van der Waals surface area contributed by atoms with E-state index in [0.29, 0.717) is 21.8 Å². The lowest BCUT2D eigenvalue weighted by Gasteiger charge is -2.28. The lowest BCUT2D eigenvalue weighted by molar-refractivity contribution is -0.121. The topological polar surface area (TPSA) is 66.5 Å². The number of benzene rings is 2. The SMILES string of the molecule is Cc1ccc(NC(=O)[C@H](C(C)C)N2C(=O)c3ccccc3C2=O)cc1Cl. The monoisotopic (exact) mass is 370 g/mol. The second kappa shape index (κ2) is 6.92. The number of amides is 3. The van der Waals surface area contributed by atoms with Crippen molar-refractivity contribution in [3.63, 3.8) is 0 Å². The summed E-state index contributed by atoms with van der Waals surface area (Å²) in [5.74, 6) is -1.56. The van der Waals surface area contributed by atoms with Crippen LogP contribution in [0.3, 0.4) is 0 Å². The highest BCUT2D eigenvalue weighted by molar-refractivity contribution is 6.31. The zero-order valence-electron chi connectivity index (χ0n) is 14.7. The molecule has 5 nitrogen and oxygen atoms in total. The molecule has 0 spiro atoms. The van der Waals surface area contributed by atoms with Crippen molar-refractivity contribution in [1.29, 1.82) is 0 Å². The lowest BCUT2D eigenvalue weighted by Crippen LogP contribution is -2.50. The van der Waals surface area contributed by atoms with E-state index in [1.807, 2.05) is 6.92 Å². The number of rotatable bonds is 4. The minimum Gasteiger partial charge on any atom is -0.324 e. The normalized spacial score (nSPS) is 14.6. The number of nitrogens with one attached hydrogen (secondary N) is 1. The van der Waals surface area contributed by atoms with E-state index < -0.39 is 23.8 Å². The van der Waals surface area contributed by atoms with Crippen molar-refractivity contribution in [3.05, 3.63) is 64.2 Å². The summed E-state index contributed by atoms with van der Waals surface area (Å²) < 4.78 is 0. The molecule has 26 heavy (non-hydrogen) atoms. The van der Waals surface area contributed by atoms with Crippen LogP contribution in [0.4, 0.5) is 5.69 Å². The zero-order chi connectivity index (χ0) is 19.0. The molecule has 6 heteroatoms. The van der Waals surface area contributed by atoms with Gasteiger partial charge in [-0.2, -0.15) is 0 Å². The van der Waals surface area contributed by atoms with Gasteiger partial charge in [-0.05, 0) is 42.7 Å². The molecule has 0 aliphatic carbocycles. The number of aryl methyl sites for hydroxylation is 1. The smallest absolute Gasteiger partial charge is 0.262 e. The van der Waals surface area contributed by atoms with Crippen LogP contribution in [-0.4, -0.2) is 28.7 Å². The maximum Gasteiger partial charge on any atom is 0.262 e. The third kappa shape index (κ3) is 3.10. The van der Waals surface area contributed by atoms with Crippen LogP contribution in [0.5, 0.6) is 0 Å². The molecule has 0 radical (unpaired) electrons. The molecule has 3 amide bonds. The summed E-state index contributed by atoms with van der Waals surface area (Å²) in [7, 11) is 0. The molecule has 1 aliphatic heterocycles. The van der Waals surface area contributed by atoms with Crippen LogP contribution in [0, 0.1) is 12.8 Å². The summed E-state index contributed by atoms with van der Waals surface area (Å²) in [6.45, 7) is 5.47. The van der Waals surface area contributed by atoms with Gasteiger partial charge in [-0.1, -0.05) is 43.6 Å². The van der Waals surface area contributed by atoms with Gasteiger partial charge in [-0.3, -0.25) is 19.3 Å². The van der Waals surface area contributed by atoms with Gasteiger partial charge in [0.05, 0.1) is 11.1 Å². The Kier molecular flexibility index (Phi) is 4.83. The zero-order valence-corrected chi connectivity index (χ0v) is 15.5. The molecule has 0 bridgehead atoms. The fourth-order valence-electron chi connectivity index (χ4n) is 3.07. The Balaban J connectivity index is 1.90. The third-order valence-electron chi connectivity index (χ3n) is 4.44. The van der Waals surface area contributed by atoms with Crippen LogP contribution >= 0.6 is 11.6 Å². The van der Waals surface area contributed by atoms with Gasteiger partial charge in [0, 0.05) is 10.7 Å². The van der Waals surface area contributed by atoms with Crippen molar-refractivity contribution >= 4 is 35.0 Å². The van der Waals surface area contributed by atoms with Crippen LogP contribution in [0.25, 0.3) is 0 Å². The molecular weight excluding hydrogens is 352 g/mol. The summed E-state index contributed by atoms with van der Waals surface area (Å²) in [5.41, 5.74) is 2.07. The van der Waals surface area contributed by atoms with Gasteiger partial charge in [0.25, 0.3) is 11.8 Å². The first kappa shape index (κ1) is 18.1. The first-order valence-corrected chi connectivity index (χ1v) is 8.73. The number of hydrogen-bond donors (Lipinski definition) is 1. The van der Waals surface area contributed by atoms with Crippen LogP contribution in [0.15, 0.2) is 42.5 Å². The van der Waals surface area contributed by atoms with Crippen molar-refractivity contribution in [2.45, 2.75) is 26.8 Å². The molecule has 0 aromatic heterocycles. The van der Waals surface area contributed by atoms with Gasteiger partial charge >= 0.3 is 0 Å². The highest BCUT2D eigenvalue weighted by Gasteiger charge is 2.43. The van der Waals surface area contributed by atoms with Gasteiger partial charge in [0.15, 0.2) is 0 Å². The van der Waals surface area contributed by atoms with Crippen LogP contribution < -0.4 is 5.32 Å². The Labute approximate surface area is 156 Å². The van der Waals surface area contributed by atoms with Gasteiger partial charge in [0.2, 0.25) is 5.91 Å². The molecule has 1 N–H and O–H groups in total. The van der Waals surface area contributed by atoms with E-state index in [1.165, 1.54) is 0 Å². The molecule has 0 unspecified atom stereocenters. The van der Waals surface area contributed by atoms with E-state index >= 15 is 0 Å². The average molecular weight is 371 g/mol. The number of nitrogens with zero attached hydrogens (tertiary/aromatic N) is 1. The van der Waals surface area contributed by atoms with E-state index in [4.69, 9.17) is 11.6 Å². The molecule has 0 saturated carbocycles. The summed E-state index contributed by atoms with van der Waals surface area (Å²) in [4.78, 5) is 39.4. The Hall–Kier alpha value is -2.66. The minimum atomic E-state index is -0.914. The maximum atomic E-state index is 12.9. The van der Waals surface area contributed by atoms with Crippen LogP contribution in [0.1, 0.15) is 40.1 Å². The number of hydrogen-bond acceptors (Lipinski definition) is 3. The first-order valence-electron chi connectivity index (χ1n) is 8.35. The molecule has 1 aliphatic rings. The number of fused-ring (bicyclic) bond motifs is 1. The predicted molar refractivity (Wildman–Crippen MR) is 100 cm³/mol. The fourth-order valence-corrected chi connectivity index (χ4v) is 3.25. The largest absolute Gasteiger partial charge is 0.324 e. The predicted octanol–water partition coefficient (Wildman–Crippen LogP) is 3.91. The van der Waals surface area contributed by atoms with Crippen molar-refractivity contribution in [3.8, 4) is 0 Å². The summed E-state index contributed by atoms with van der Waals surface area (Å²) >= 11 is 6.10. The van der Waals surface area contributed by atoms with Crippen molar-refractivity contribution in [2.75, 3.05) is 5.32 Å². The summed E-state index contributed by atoms with van der Waals surface area (Å²) in [6, 6.07) is 10.9. The molecule has 0 saturated heterocycles. The Morgan fingerprint density at radius 3 is 2.12 bits per heavy atom. The number of anilines is 1. The summed E-state index contributed by atoms with van der Waals surface area (Å²) in [5, 5.41) is 3.30. The van der Waals surface area contributed by atoms with E-state index in [0.717, 1.165) is 10.5 Å².